The molecule has 3 aliphatic heterocycles. The van der Waals surface area contributed by atoms with Crippen LogP contribution in [0.5, 0.6) is 0 Å². The molecule has 16 heteroatoms. The van der Waals surface area contributed by atoms with Gasteiger partial charge in [0.1, 0.15) is 30.0 Å². The number of anilines is 1. The summed E-state index contributed by atoms with van der Waals surface area (Å²) in [6, 6.07) is 7.20. The van der Waals surface area contributed by atoms with Crippen LogP contribution in [0.3, 0.4) is 0 Å². The summed E-state index contributed by atoms with van der Waals surface area (Å²) < 4.78 is 37.8. The van der Waals surface area contributed by atoms with Gasteiger partial charge in [-0.15, -0.1) is 0 Å². The molecule has 16 nitrogen and oxygen atoms in total. The van der Waals surface area contributed by atoms with Crippen molar-refractivity contribution in [1.29, 1.82) is 0 Å². The Labute approximate surface area is 356 Å². The number of benzene rings is 1. The van der Waals surface area contributed by atoms with Crippen molar-refractivity contribution in [2.45, 2.75) is 185 Å². The molecule has 3 fully saturated rings. The first-order valence-electron chi connectivity index (χ1n) is 21.5. The molecule has 0 bridgehead atoms. The molecule has 1 aromatic carbocycles. The van der Waals surface area contributed by atoms with Crippen LogP contribution in [0.4, 0.5) is 10.5 Å². The van der Waals surface area contributed by atoms with Crippen molar-refractivity contribution < 1.29 is 63.5 Å². The monoisotopic (exact) mass is 854 g/mol. The van der Waals surface area contributed by atoms with Crippen molar-refractivity contribution in [2.75, 3.05) is 33.1 Å². The summed E-state index contributed by atoms with van der Waals surface area (Å²) in [6.07, 6.45) is -9.86. The second-order valence-corrected chi connectivity index (χ2v) is 18.6. The van der Waals surface area contributed by atoms with Crippen LogP contribution < -0.4 is 5.32 Å². The third-order valence-corrected chi connectivity index (χ3v) is 13.4. The molecule has 18 atom stereocenters. The Bertz CT molecular complexity index is 1540. The summed E-state index contributed by atoms with van der Waals surface area (Å²) in [5, 5.41) is 61.9. The highest BCUT2D eigenvalue weighted by Gasteiger charge is 2.53. The highest BCUT2D eigenvalue weighted by atomic mass is 16.7. The minimum Gasteiger partial charge on any atom is -0.459 e. The molecule has 2 amide bonds. The van der Waals surface area contributed by atoms with Gasteiger partial charge in [0.2, 0.25) is 0 Å². The molecule has 6 N–H and O–H groups in total. The number of rotatable bonds is 8. The van der Waals surface area contributed by atoms with Gasteiger partial charge in [0, 0.05) is 44.8 Å². The van der Waals surface area contributed by atoms with E-state index < -0.39 is 114 Å². The van der Waals surface area contributed by atoms with E-state index in [2.05, 4.69) is 5.32 Å². The van der Waals surface area contributed by atoms with Crippen molar-refractivity contribution in [3.05, 3.63) is 30.3 Å². The Morgan fingerprint density at radius 1 is 0.967 bits per heavy atom. The number of cyclic esters (lactones) is 1. The van der Waals surface area contributed by atoms with Crippen molar-refractivity contribution in [1.82, 2.24) is 9.80 Å². The van der Waals surface area contributed by atoms with E-state index in [-0.39, 0.29) is 25.2 Å². The maximum atomic E-state index is 14.4. The lowest BCUT2D eigenvalue weighted by molar-refractivity contribution is -0.317. The topological polar surface area (TPSA) is 209 Å². The van der Waals surface area contributed by atoms with Crippen LogP contribution in [-0.4, -0.2) is 165 Å². The Morgan fingerprint density at radius 3 is 2.20 bits per heavy atom. The number of hydrogen-bond acceptors (Lipinski definition) is 14. The molecule has 0 radical (unpaired) electrons. The maximum absolute atomic E-state index is 14.4. The van der Waals surface area contributed by atoms with E-state index in [1.807, 2.05) is 31.9 Å². The Hall–Kier alpha value is -2.48. The molecule has 0 aromatic heterocycles. The second-order valence-electron chi connectivity index (χ2n) is 18.6. The van der Waals surface area contributed by atoms with Crippen LogP contribution in [0.15, 0.2) is 30.3 Å². The number of carbonyl (C=O) groups is 2. The molecule has 60 heavy (non-hydrogen) atoms. The number of methoxy groups -OCH3 is 1. The van der Waals surface area contributed by atoms with Crippen molar-refractivity contribution >= 4 is 17.7 Å². The van der Waals surface area contributed by atoms with Crippen LogP contribution in [0.1, 0.15) is 94.9 Å². The fourth-order valence-electron chi connectivity index (χ4n) is 9.49. The van der Waals surface area contributed by atoms with E-state index in [4.69, 9.17) is 28.4 Å². The van der Waals surface area contributed by atoms with Crippen molar-refractivity contribution in [2.24, 2.45) is 17.8 Å². The molecule has 3 aliphatic rings. The molecular formula is C44H75N3O13. The van der Waals surface area contributed by atoms with E-state index >= 15 is 0 Å². The normalized spacial score (nSPS) is 44.2. The van der Waals surface area contributed by atoms with Gasteiger partial charge in [-0.25, -0.2) is 4.79 Å². The zero-order valence-corrected chi connectivity index (χ0v) is 38.0. The lowest BCUT2D eigenvalue weighted by Crippen LogP contribution is -2.61. The Kier molecular flexibility index (Phi) is 17.0. The van der Waals surface area contributed by atoms with Crippen LogP contribution >= 0.6 is 0 Å². The van der Waals surface area contributed by atoms with Crippen LogP contribution in [-0.2, 0) is 33.2 Å². The number of aliphatic hydroxyl groups is 5. The second kappa shape index (κ2) is 20.4. The fourth-order valence-corrected chi connectivity index (χ4v) is 9.49. The van der Waals surface area contributed by atoms with Crippen molar-refractivity contribution in [3.8, 4) is 0 Å². The van der Waals surface area contributed by atoms with Gasteiger partial charge in [0.05, 0.1) is 47.6 Å². The van der Waals surface area contributed by atoms with Gasteiger partial charge < -0.3 is 69.1 Å². The molecule has 344 valence electrons. The molecule has 3 saturated heterocycles. The summed E-state index contributed by atoms with van der Waals surface area (Å²) in [6.45, 7) is 17.6. The molecule has 1 aromatic rings. The largest absolute Gasteiger partial charge is 0.459 e. The molecule has 0 aliphatic carbocycles. The van der Waals surface area contributed by atoms with Gasteiger partial charge in [0.15, 0.2) is 12.6 Å². The third-order valence-electron chi connectivity index (χ3n) is 13.4. The number of nitrogens with zero attached hydrogens (tertiary/aromatic N) is 2. The van der Waals surface area contributed by atoms with Gasteiger partial charge in [-0.3, -0.25) is 4.79 Å². The number of para-hydroxylation sites is 1. The highest BCUT2D eigenvalue weighted by molar-refractivity contribution is 5.89. The molecule has 4 rings (SSSR count). The predicted molar refractivity (Wildman–Crippen MR) is 224 cm³/mol. The highest BCUT2D eigenvalue weighted by Crippen LogP contribution is 2.40. The number of ether oxygens (including phenoxy) is 6. The first-order chi connectivity index (χ1) is 27.9. The van der Waals surface area contributed by atoms with Gasteiger partial charge in [-0.05, 0) is 92.8 Å². The fraction of sp³-hybridized carbons (Fsp3) is 0.818. The maximum Gasteiger partial charge on any atom is 0.321 e. The van der Waals surface area contributed by atoms with E-state index in [1.165, 1.54) is 18.9 Å². The van der Waals surface area contributed by atoms with E-state index in [0.717, 1.165) is 0 Å². The standard InChI is InChI=1S/C44H75N3O13/c1-14-32-44(10,54)36(49)28(6)46(11)23-24(2)21-42(8,53)38(26(4)35(27(5)39(51)58-32)59-33-22-43(9,55-13)37(50)29(7)57-33)60-40-34(48)31(20-25(3)56-40)47(12)41(52)45-30-18-16-15-17-19-30/h15-19,24-29,31-38,40,48-50,53-54H,14,20-23H2,1-13H3,(H,45,52)/t24-,25-,26+,27-,28-,29+,31+,32-,33+,34-,35+,36-,37+,38-,40+,42-,43-,44-/m1/s1. The average Bonchev–Trinajstić information content (AvgIpc) is 3.19. The number of carbonyl (C=O) groups excluding carboxylic acids is 2. The van der Waals surface area contributed by atoms with E-state index in [9.17, 15) is 35.1 Å². The summed E-state index contributed by atoms with van der Waals surface area (Å²) in [4.78, 5) is 31.1. The minimum atomic E-state index is -1.84. The Balaban J connectivity index is 1.79. The average molecular weight is 854 g/mol. The number of urea groups is 1. The first-order valence-corrected chi connectivity index (χ1v) is 21.5. The van der Waals surface area contributed by atoms with Crippen molar-refractivity contribution in [3.63, 3.8) is 0 Å². The summed E-state index contributed by atoms with van der Waals surface area (Å²) >= 11 is 0. The summed E-state index contributed by atoms with van der Waals surface area (Å²) in [7, 11) is 4.90. The summed E-state index contributed by atoms with van der Waals surface area (Å²) in [5.74, 6) is -2.88. The Morgan fingerprint density at radius 2 is 1.60 bits per heavy atom. The van der Waals surface area contributed by atoms with Gasteiger partial charge in [-0.1, -0.05) is 39.0 Å². The molecule has 0 unspecified atom stereocenters. The van der Waals surface area contributed by atoms with Crippen LogP contribution in [0, 0.1) is 17.8 Å². The predicted octanol–water partition coefficient (Wildman–Crippen LogP) is 3.50. The summed E-state index contributed by atoms with van der Waals surface area (Å²) in [5.41, 5.74) is -3.99. The van der Waals surface area contributed by atoms with Gasteiger partial charge in [-0.2, -0.15) is 0 Å². The molecule has 0 spiro atoms. The lowest BCUT2D eigenvalue weighted by Gasteiger charge is -2.49. The number of hydrogen-bond donors (Lipinski definition) is 6. The number of likely N-dealkylation sites (N-methyl/N-ethyl adjacent to an activating group) is 2. The number of esters is 1. The first kappa shape index (κ1) is 50.2. The molecule has 0 saturated carbocycles. The SMILES string of the molecule is CC[C@H]1OC(=O)[C@H](C)[C@@H](O[C@H]2C[C@@](C)(OC)[C@@H](O)[C@H](C)O2)[C@H](C)[C@@H](O[C@@H]2O[C@H](C)C[C@H](N(C)C(=O)Nc3ccccc3)[C@H]2O)[C@](C)(O)C[C@@H](C)CN(C)[C@H](C)[C@@H](O)[C@]1(C)O. The van der Waals surface area contributed by atoms with Crippen LogP contribution in [0.25, 0.3) is 0 Å². The number of aliphatic hydroxyl groups excluding tert-OH is 3. The number of amides is 2. The lowest BCUT2D eigenvalue weighted by atomic mass is 9.77. The third kappa shape index (κ3) is 11.4. The van der Waals surface area contributed by atoms with E-state index in [0.29, 0.717) is 18.7 Å². The van der Waals surface area contributed by atoms with E-state index in [1.54, 1.807) is 79.8 Å². The zero-order valence-electron chi connectivity index (χ0n) is 38.0. The smallest absolute Gasteiger partial charge is 0.321 e. The zero-order chi connectivity index (χ0) is 45.1. The quantitative estimate of drug-likeness (QED) is 0.207. The van der Waals surface area contributed by atoms with Gasteiger partial charge >= 0.3 is 12.0 Å². The molecular weight excluding hydrogens is 778 g/mol. The van der Waals surface area contributed by atoms with Gasteiger partial charge in [0.25, 0.3) is 0 Å². The number of nitrogens with one attached hydrogen (secondary N) is 1. The molecule has 3 heterocycles. The minimum absolute atomic E-state index is 0.0860. The van der Waals surface area contributed by atoms with Crippen LogP contribution in [0.2, 0.25) is 0 Å².